The Morgan fingerprint density at radius 3 is 2.48 bits per heavy atom. The predicted octanol–water partition coefficient (Wildman–Crippen LogP) is 2.96. The summed E-state index contributed by atoms with van der Waals surface area (Å²) in [4.78, 5) is 43.2. The second-order valence-corrected chi connectivity index (χ2v) is 7.33. The maximum absolute atomic E-state index is 13.4. The van der Waals surface area contributed by atoms with Crippen molar-refractivity contribution in [1.82, 2.24) is 10.3 Å². The summed E-state index contributed by atoms with van der Waals surface area (Å²) >= 11 is 0. The van der Waals surface area contributed by atoms with Gasteiger partial charge in [0.15, 0.2) is 0 Å². The van der Waals surface area contributed by atoms with E-state index in [9.17, 15) is 19.5 Å². The second-order valence-electron chi connectivity index (χ2n) is 7.33. The van der Waals surface area contributed by atoms with Crippen LogP contribution < -0.4 is 10.2 Å². The van der Waals surface area contributed by atoms with Gasteiger partial charge in [-0.15, -0.1) is 0 Å². The van der Waals surface area contributed by atoms with Gasteiger partial charge in [0, 0.05) is 36.1 Å². The van der Waals surface area contributed by atoms with Gasteiger partial charge in [-0.05, 0) is 34.9 Å². The van der Waals surface area contributed by atoms with Gasteiger partial charge in [-0.1, -0.05) is 42.5 Å². The molecule has 1 atom stereocenters. The van der Waals surface area contributed by atoms with Gasteiger partial charge >= 0.3 is 5.97 Å². The van der Waals surface area contributed by atoms with Crippen molar-refractivity contribution in [3.05, 3.63) is 95.3 Å². The minimum absolute atomic E-state index is 0.150. The van der Waals surface area contributed by atoms with Gasteiger partial charge in [-0.25, -0.2) is 0 Å². The van der Waals surface area contributed by atoms with Crippen LogP contribution in [0.25, 0.3) is 0 Å². The summed E-state index contributed by atoms with van der Waals surface area (Å²) < 4.78 is 0. The number of fused-ring (bicyclic) bond motifs is 2. The van der Waals surface area contributed by atoms with Gasteiger partial charge < -0.3 is 10.4 Å². The molecule has 31 heavy (non-hydrogen) atoms. The average Bonchev–Trinajstić information content (AvgIpc) is 2.88. The van der Waals surface area contributed by atoms with Crippen molar-refractivity contribution in [2.24, 2.45) is 0 Å². The highest BCUT2D eigenvalue weighted by atomic mass is 16.4. The highest BCUT2D eigenvalue weighted by molar-refractivity contribution is 6.11. The Kier molecular flexibility index (Phi) is 5.75. The van der Waals surface area contributed by atoms with Crippen LogP contribution in [0.5, 0.6) is 0 Å². The van der Waals surface area contributed by atoms with E-state index in [-0.39, 0.29) is 24.8 Å². The van der Waals surface area contributed by atoms with Crippen LogP contribution in [0.15, 0.2) is 73.1 Å². The Morgan fingerprint density at radius 1 is 1.00 bits per heavy atom. The number of para-hydroxylation sites is 1. The van der Waals surface area contributed by atoms with Gasteiger partial charge in [0.05, 0.1) is 6.42 Å². The molecule has 1 aromatic heterocycles. The number of anilines is 1. The van der Waals surface area contributed by atoms with Crippen molar-refractivity contribution in [1.29, 1.82) is 0 Å². The zero-order chi connectivity index (χ0) is 21.8. The number of benzene rings is 2. The molecule has 0 spiro atoms. The van der Waals surface area contributed by atoms with Crippen LogP contribution in [-0.2, 0) is 16.1 Å². The first-order chi connectivity index (χ1) is 15.0. The number of carbonyl (C=O) groups excluding carboxylic acids is 2. The van der Waals surface area contributed by atoms with E-state index in [0.717, 1.165) is 5.56 Å². The second kappa shape index (κ2) is 8.79. The summed E-state index contributed by atoms with van der Waals surface area (Å²) in [6.07, 6.45) is 3.17. The maximum Gasteiger partial charge on any atom is 0.304 e. The monoisotopic (exact) mass is 415 g/mol. The molecule has 2 N–H and O–H groups in total. The minimum Gasteiger partial charge on any atom is -0.481 e. The van der Waals surface area contributed by atoms with Crippen molar-refractivity contribution >= 4 is 23.5 Å². The van der Waals surface area contributed by atoms with E-state index in [0.29, 0.717) is 28.9 Å². The lowest BCUT2D eigenvalue weighted by Gasteiger charge is -2.23. The van der Waals surface area contributed by atoms with E-state index in [4.69, 9.17) is 0 Å². The van der Waals surface area contributed by atoms with Crippen LogP contribution in [0.1, 0.15) is 39.4 Å². The number of rotatable bonds is 6. The average molecular weight is 415 g/mol. The third kappa shape index (κ3) is 4.30. The zero-order valence-electron chi connectivity index (χ0n) is 16.7. The van der Waals surface area contributed by atoms with Crippen molar-refractivity contribution in [2.45, 2.75) is 18.9 Å². The van der Waals surface area contributed by atoms with Crippen molar-refractivity contribution < 1.29 is 19.5 Å². The highest BCUT2D eigenvalue weighted by Crippen LogP contribution is 2.40. The Balaban J connectivity index is 1.68. The van der Waals surface area contributed by atoms with E-state index < -0.39 is 11.9 Å². The number of carboxylic acid groups (broad SMARTS) is 1. The lowest BCUT2D eigenvalue weighted by Crippen LogP contribution is -2.40. The molecule has 2 amide bonds. The number of carbonyl (C=O) groups is 3. The number of aliphatic carboxylic acids is 1. The molecule has 0 aliphatic carbocycles. The SMILES string of the molecule is O=C(O)CC1c2ccccc2C(=O)N(CC(=O)NCc2cccnc2)c2ccccc21. The molecule has 7 heteroatoms. The van der Waals surface area contributed by atoms with E-state index in [1.54, 1.807) is 54.9 Å². The fourth-order valence-corrected chi connectivity index (χ4v) is 3.90. The molecule has 156 valence electrons. The van der Waals surface area contributed by atoms with Gasteiger partial charge in [0.1, 0.15) is 6.54 Å². The molecular formula is C24H21N3O4. The van der Waals surface area contributed by atoms with E-state index in [1.165, 1.54) is 4.90 Å². The Bertz CT molecular complexity index is 1130. The van der Waals surface area contributed by atoms with Crippen LogP contribution in [0, 0.1) is 0 Å². The van der Waals surface area contributed by atoms with E-state index in [2.05, 4.69) is 10.3 Å². The normalized spacial score (nSPS) is 14.9. The van der Waals surface area contributed by atoms with Crippen LogP contribution in [0.3, 0.4) is 0 Å². The summed E-state index contributed by atoms with van der Waals surface area (Å²) in [5.41, 5.74) is 3.17. The quantitative estimate of drug-likeness (QED) is 0.645. The van der Waals surface area contributed by atoms with Crippen LogP contribution in [-0.4, -0.2) is 34.4 Å². The molecule has 0 fully saturated rings. The number of pyridine rings is 1. The zero-order valence-corrected chi connectivity index (χ0v) is 16.7. The number of hydrogen-bond donors (Lipinski definition) is 2. The molecule has 1 unspecified atom stereocenters. The Labute approximate surface area is 179 Å². The van der Waals surface area contributed by atoms with Crippen molar-refractivity contribution in [3.8, 4) is 0 Å². The first-order valence-electron chi connectivity index (χ1n) is 9.91. The minimum atomic E-state index is -0.954. The molecule has 0 saturated carbocycles. The lowest BCUT2D eigenvalue weighted by atomic mass is 9.86. The fourth-order valence-electron chi connectivity index (χ4n) is 3.90. The van der Waals surface area contributed by atoms with Gasteiger partial charge in [-0.2, -0.15) is 0 Å². The summed E-state index contributed by atoms with van der Waals surface area (Å²) in [7, 11) is 0. The standard InChI is InChI=1S/C24H21N3O4/c28-22(26-14-16-6-5-11-25-13-16)15-27-21-10-4-3-8-18(21)20(12-23(29)30)17-7-1-2-9-19(17)24(27)31/h1-11,13,20H,12,14-15H2,(H,26,28)(H,29,30). The number of nitrogens with one attached hydrogen (secondary N) is 1. The Hall–Kier alpha value is -4.00. The number of amides is 2. The summed E-state index contributed by atoms with van der Waals surface area (Å²) in [6.45, 7) is 0.124. The number of nitrogens with zero attached hydrogens (tertiary/aromatic N) is 2. The van der Waals surface area contributed by atoms with Crippen molar-refractivity contribution in [3.63, 3.8) is 0 Å². The van der Waals surface area contributed by atoms with Gasteiger partial charge in [-0.3, -0.25) is 24.3 Å². The molecule has 0 saturated heterocycles. The first kappa shape index (κ1) is 20.3. The predicted molar refractivity (Wildman–Crippen MR) is 115 cm³/mol. The first-order valence-corrected chi connectivity index (χ1v) is 9.91. The summed E-state index contributed by atoms with van der Waals surface area (Å²) in [6, 6.07) is 17.8. The number of hydrogen-bond acceptors (Lipinski definition) is 4. The molecule has 2 aromatic carbocycles. The lowest BCUT2D eigenvalue weighted by molar-refractivity contribution is -0.137. The van der Waals surface area contributed by atoms with Crippen LogP contribution in [0.2, 0.25) is 0 Å². The van der Waals surface area contributed by atoms with Gasteiger partial charge in [0.2, 0.25) is 5.91 Å². The van der Waals surface area contributed by atoms with Crippen LogP contribution >= 0.6 is 0 Å². The molecular weight excluding hydrogens is 394 g/mol. The number of carboxylic acids is 1. The molecule has 2 heterocycles. The largest absolute Gasteiger partial charge is 0.481 e. The maximum atomic E-state index is 13.4. The molecule has 1 aliphatic heterocycles. The smallest absolute Gasteiger partial charge is 0.304 e. The fraction of sp³-hybridized carbons (Fsp3) is 0.167. The summed E-state index contributed by atoms with van der Waals surface area (Å²) in [5, 5.41) is 12.3. The number of aromatic nitrogens is 1. The molecule has 1 aliphatic rings. The third-order valence-corrected chi connectivity index (χ3v) is 5.31. The molecule has 7 nitrogen and oxygen atoms in total. The summed E-state index contributed by atoms with van der Waals surface area (Å²) in [5.74, 6) is -2.09. The van der Waals surface area contributed by atoms with E-state index in [1.807, 2.05) is 18.2 Å². The third-order valence-electron chi connectivity index (χ3n) is 5.31. The van der Waals surface area contributed by atoms with E-state index >= 15 is 0 Å². The molecule has 0 bridgehead atoms. The molecule has 0 radical (unpaired) electrons. The Morgan fingerprint density at radius 2 is 1.74 bits per heavy atom. The highest BCUT2D eigenvalue weighted by Gasteiger charge is 2.34. The van der Waals surface area contributed by atoms with Crippen LogP contribution in [0.4, 0.5) is 5.69 Å². The van der Waals surface area contributed by atoms with Crippen molar-refractivity contribution in [2.75, 3.05) is 11.4 Å². The topological polar surface area (TPSA) is 99.6 Å². The van der Waals surface area contributed by atoms with Gasteiger partial charge in [0.25, 0.3) is 5.91 Å². The molecule has 3 aromatic rings. The molecule has 4 rings (SSSR count).